The lowest BCUT2D eigenvalue weighted by Crippen LogP contribution is -2.38. The van der Waals surface area contributed by atoms with Gasteiger partial charge in [0.2, 0.25) is 0 Å². The molecule has 114 valence electrons. The molecule has 0 bridgehead atoms. The third-order valence-corrected chi connectivity index (χ3v) is 3.89. The van der Waals surface area contributed by atoms with Gasteiger partial charge in [-0.05, 0) is 12.3 Å². The zero-order valence-electron chi connectivity index (χ0n) is 12.4. The smallest absolute Gasteiger partial charge is 0.271 e. The normalized spacial score (nSPS) is 12.6. The van der Waals surface area contributed by atoms with E-state index in [1.54, 1.807) is 16.3 Å². The van der Waals surface area contributed by atoms with Gasteiger partial charge in [0.05, 0.1) is 18.8 Å². The second kappa shape index (κ2) is 6.82. The zero-order chi connectivity index (χ0) is 15.4. The van der Waals surface area contributed by atoms with Crippen molar-refractivity contribution in [3.05, 3.63) is 23.5 Å². The molecule has 1 atom stereocenters. The molecule has 0 radical (unpaired) electrons. The molecule has 2 rings (SSSR count). The molecule has 0 spiro atoms. The van der Waals surface area contributed by atoms with Gasteiger partial charge in [0.1, 0.15) is 10.7 Å². The van der Waals surface area contributed by atoms with E-state index in [0.29, 0.717) is 11.6 Å². The predicted molar refractivity (Wildman–Crippen MR) is 82.1 cm³/mol. The molecule has 0 aromatic carbocycles. The van der Waals surface area contributed by atoms with Crippen molar-refractivity contribution in [2.75, 3.05) is 6.61 Å². The molecule has 2 N–H and O–H groups in total. The maximum atomic E-state index is 12.1. The van der Waals surface area contributed by atoms with Crippen molar-refractivity contribution in [2.45, 2.75) is 26.3 Å². The molecule has 0 aliphatic heterocycles. The van der Waals surface area contributed by atoms with Crippen LogP contribution < -0.4 is 5.32 Å². The molecule has 7 heteroatoms. The number of carbonyl (C=O) groups excluding carboxylic acids is 1. The Morgan fingerprint density at radius 2 is 2.29 bits per heavy atom. The molecule has 1 amide bonds. The maximum absolute atomic E-state index is 12.1. The van der Waals surface area contributed by atoms with Crippen LogP contribution in [0.2, 0.25) is 0 Å². The van der Waals surface area contributed by atoms with Gasteiger partial charge < -0.3 is 10.4 Å². The Bertz CT molecular complexity index is 606. The number of nitrogens with zero attached hydrogens (tertiary/aromatic N) is 3. The molecule has 0 fully saturated rings. The largest absolute Gasteiger partial charge is 0.394 e. The second-order valence-corrected chi connectivity index (χ2v) is 6.28. The molecule has 0 saturated heterocycles. The van der Waals surface area contributed by atoms with Crippen LogP contribution in [0.5, 0.6) is 0 Å². The number of amides is 1. The minimum atomic E-state index is -0.249. The number of aromatic nitrogens is 3. The number of nitrogens with one attached hydrogen (secondary N) is 1. The lowest BCUT2D eigenvalue weighted by atomic mass is 10.0. The summed E-state index contributed by atoms with van der Waals surface area (Å²) in [6.07, 6.45) is 4.31. The van der Waals surface area contributed by atoms with Crippen molar-refractivity contribution in [3.63, 3.8) is 0 Å². The van der Waals surface area contributed by atoms with Gasteiger partial charge in [0.25, 0.3) is 5.91 Å². The van der Waals surface area contributed by atoms with Crippen LogP contribution in [-0.2, 0) is 7.05 Å². The van der Waals surface area contributed by atoms with Crippen molar-refractivity contribution in [1.82, 2.24) is 20.1 Å². The van der Waals surface area contributed by atoms with Gasteiger partial charge in [-0.15, -0.1) is 11.3 Å². The Hall–Kier alpha value is -1.73. The van der Waals surface area contributed by atoms with Crippen LogP contribution in [0.4, 0.5) is 0 Å². The van der Waals surface area contributed by atoms with Gasteiger partial charge in [-0.2, -0.15) is 5.10 Å². The number of carbonyl (C=O) groups is 1. The van der Waals surface area contributed by atoms with Crippen LogP contribution in [-0.4, -0.2) is 38.4 Å². The number of aryl methyl sites for hydroxylation is 1. The first-order chi connectivity index (χ1) is 9.99. The number of aliphatic hydroxyl groups is 1. The van der Waals surface area contributed by atoms with Crippen LogP contribution in [0, 0.1) is 5.92 Å². The quantitative estimate of drug-likeness (QED) is 0.851. The molecule has 0 saturated carbocycles. The number of thiazole rings is 1. The molecule has 2 heterocycles. The topological polar surface area (TPSA) is 80.0 Å². The van der Waals surface area contributed by atoms with E-state index in [-0.39, 0.29) is 18.6 Å². The van der Waals surface area contributed by atoms with E-state index >= 15 is 0 Å². The van der Waals surface area contributed by atoms with Gasteiger partial charge in [-0.25, -0.2) is 4.98 Å². The highest BCUT2D eigenvalue weighted by Gasteiger charge is 2.17. The number of rotatable bonds is 6. The Morgan fingerprint density at radius 3 is 2.86 bits per heavy atom. The molecule has 0 aliphatic carbocycles. The third kappa shape index (κ3) is 4.12. The summed E-state index contributed by atoms with van der Waals surface area (Å²) in [4.78, 5) is 16.5. The average molecular weight is 308 g/mol. The maximum Gasteiger partial charge on any atom is 0.271 e. The highest BCUT2D eigenvalue weighted by atomic mass is 32.1. The van der Waals surface area contributed by atoms with Gasteiger partial charge >= 0.3 is 0 Å². The molecule has 1 unspecified atom stereocenters. The van der Waals surface area contributed by atoms with Crippen LogP contribution in [0.15, 0.2) is 17.8 Å². The predicted octanol–water partition coefficient (Wildman–Crippen LogP) is 1.68. The van der Waals surface area contributed by atoms with E-state index in [2.05, 4.69) is 29.2 Å². The standard InChI is InChI=1S/C14H20N4O2S/c1-9(2)4-11(7-19)16-13(20)12-8-21-14(17-12)10-5-15-18(3)6-10/h5-6,8-9,11,19H,4,7H2,1-3H3,(H,16,20). The minimum absolute atomic E-state index is 0.0660. The summed E-state index contributed by atoms with van der Waals surface area (Å²) < 4.78 is 1.70. The summed E-state index contributed by atoms with van der Waals surface area (Å²) in [5.74, 6) is 0.157. The summed E-state index contributed by atoms with van der Waals surface area (Å²) in [6, 6.07) is -0.235. The fraction of sp³-hybridized carbons (Fsp3) is 0.500. The second-order valence-electron chi connectivity index (χ2n) is 5.42. The Balaban J connectivity index is 2.05. The van der Waals surface area contributed by atoms with E-state index in [4.69, 9.17) is 0 Å². The molecule has 6 nitrogen and oxygen atoms in total. The Morgan fingerprint density at radius 1 is 1.52 bits per heavy atom. The first-order valence-corrected chi connectivity index (χ1v) is 7.73. The van der Waals surface area contributed by atoms with Crippen molar-refractivity contribution >= 4 is 17.2 Å². The fourth-order valence-corrected chi connectivity index (χ4v) is 2.83. The molecular formula is C14H20N4O2S. The lowest BCUT2D eigenvalue weighted by Gasteiger charge is -2.17. The third-order valence-electron chi connectivity index (χ3n) is 3.00. The van der Waals surface area contributed by atoms with E-state index < -0.39 is 0 Å². The van der Waals surface area contributed by atoms with Gasteiger partial charge in [0.15, 0.2) is 0 Å². The fourth-order valence-electron chi connectivity index (χ4n) is 2.05. The Kier molecular flexibility index (Phi) is 5.08. The monoisotopic (exact) mass is 308 g/mol. The van der Waals surface area contributed by atoms with Crippen LogP contribution in [0.1, 0.15) is 30.8 Å². The molecule has 0 aliphatic rings. The summed E-state index contributed by atoms with van der Waals surface area (Å²) in [5.41, 5.74) is 1.27. The number of aliphatic hydroxyl groups excluding tert-OH is 1. The van der Waals surface area contributed by atoms with Crippen LogP contribution in [0.25, 0.3) is 10.6 Å². The average Bonchev–Trinajstić information content (AvgIpc) is 3.05. The van der Waals surface area contributed by atoms with E-state index in [1.165, 1.54) is 11.3 Å². The number of hydrogen-bond acceptors (Lipinski definition) is 5. The molecule has 21 heavy (non-hydrogen) atoms. The SMILES string of the molecule is CC(C)CC(CO)NC(=O)c1csc(-c2cnn(C)c2)n1. The summed E-state index contributed by atoms with van der Waals surface area (Å²) in [7, 11) is 1.84. The Labute approximate surface area is 127 Å². The van der Waals surface area contributed by atoms with E-state index in [0.717, 1.165) is 17.0 Å². The van der Waals surface area contributed by atoms with E-state index in [1.807, 2.05) is 13.2 Å². The first kappa shape index (κ1) is 15.7. The highest BCUT2D eigenvalue weighted by Crippen LogP contribution is 2.22. The highest BCUT2D eigenvalue weighted by molar-refractivity contribution is 7.13. The summed E-state index contributed by atoms with van der Waals surface area (Å²) in [6.45, 7) is 4.04. The van der Waals surface area contributed by atoms with Gasteiger partial charge in [-0.1, -0.05) is 13.8 Å². The van der Waals surface area contributed by atoms with Crippen molar-refractivity contribution in [3.8, 4) is 10.6 Å². The van der Waals surface area contributed by atoms with Crippen molar-refractivity contribution < 1.29 is 9.90 Å². The van der Waals surface area contributed by atoms with Gasteiger partial charge in [-0.3, -0.25) is 9.48 Å². The molecule has 2 aromatic heterocycles. The lowest BCUT2D eigenvalue weighted by molar-refractivity contribution is 0.0904. The van der Waals surface area contributed by atoms with Crippen LogP contribution in [0.3, 0.4) is 0 Å². The molecule has 2 aromatic rings. The van der Waals surface area contributed by atoms with Gasteiger partial charge in [0, 0.05) is 24.2 Å². The van der Waals surface area contributed by atoms with E-state index in [9.17, 15) is 9.90 Å². The van der Waals surface area contributed by atoms with Crippen molar-refractivity contribution in [2.24, 2.45) is 13.0 Å². The summed E-state index contributed by atoms with van der Waals surface area (Å²) in [5, 5.41) is 18.7. The molecular weight excluding hydrogens is 288 g/mol. The van der Waals surface area contributed by atoms with Crippen molar-refractivity contribution in [1.29, 1.82) is 0 Å². The number of hydrogen-bond donors (Lipinski definition) is 2. The zero-order valence-corrected chi connectivity index (χ0v) is 13.2. The minimum Gasteiger partial charge on any atom is -0.394 e. The summed E-state index contributed by atoms with van der Waals surface area (Å²) >= 11 is 1.41. The van der Waals surface area contributed by atoms with Crippen LogP contribution >= 0.6 is 11.3 Å². The first-order valence-electron chi connectivity index (χ1n) is 6.86.